The number of pyridine rings is 1. The largest absolute Gasteiger partial charge is 0.459 e. The molecule has 0 saturated heterocycles. The van der Waals surface area contributed by atoms with E-state index < -0.39 is 0 Å². The van der Waals surface area contributed by atoms with Gasteiger partial charge in [-0.2, -0.15) is 0 Å². The van der Waals surface area contributed by atoms with E-state index in [1.165, 1.54) is 17.6 Å². The number of nitrogens with zero attached hydrogens (tertiary/aromatic N) is 2. The number of hydrogen-bond donors (Lipinski definition) is 1. The molecule has 0 aliphatic rings. The van der Waals surface area contributed by atoms with Gasteiger partial charge in [-0.05, 0) is 35.7 Å². The molecule has 0 spiro atoms. The van der Waals surface area contributed by atoms with E-state index in [0.29, 0.717) is 5.00 Å². The van der Waals surface area contributed by atoms with Gasteiger partial charge in [-0.1, -0.05) is 17.4 Å². The highest BCUT2D eigenvalue weighted by atomic mass is 32.1. The van der Waals surface area contributed by atoms with Crippen LogP contribution in [0.25, 0.3) is 21.1 Å². The summed E-state index contributed by atoms with van der Waals surface area (Å²) >= 11 is 3.00. The maximum absolute atomic E-state index is 12.3. The zero-order valence-corrected chi connectivity index (χ0v) is 13.9. The van der Waals surface area contributed by atoms with Gasteiger partial charge >= 0.3 is 0 Å². The first-order valence-corrected chi connectivity index (χ1v) is 8.81. The van der Waals surface area contributed by atoms with Gasteiger partial charge in [0.05, 0.1) is 11.1 Å². The Hall–Kier alpha value is -2.77. The van der Waals surface area contributed by atoms with Gasteiger partial charge in [0.1, 0.15) is 15.7 Å². The molecule has 0 radical (unpaired) electrons. The third kappa shape index (κ3) is 2.86. The van der Waals surface area contributed by atoms with Crippen molar-refractivity contribution in [3.63, 3.8) is 0 Å². The number of rotatable bonds is 4. The van der Waals surface area contributed by atoms with Crippen LogP contribution in [-0.2, 0) is 0 Å². The molecule has 0 aliphatic heterocycles. The van der Waals surface area contributed by atoms with Crippen molar-refractivity contribution in [1.29, 1.82) is 0 Å². The number of thiazole rings is 1. The molecule has 4 aromatic heterocycles. The Balaban J connectivity index is 1.74. The van der Waals surface area contributed by atoms with Crippen LogP contribution in [0.2, 0.25) is 0 Å². The van der Waals surface area contributed by atoms with E-state index in [1.807, 2.05) is 29.6 Å². The number of anilines is 1. The minimum Gasteiger partial charge on any atom is -0.459 e. The molecule has 24 heavy (non-hydrogen) atoms. The highest BCUT2D eigenvalue weighted by Crippen LogP contribution is 2.39. The molecule has 1 amide bonds. The Bertz CT molecular complexity index is 945. The van der Waals surface area contributed by atoms with Crippen molar-refractivity contribution >= 4 is 33.6 Å². The van der Waals surface area contributed by atoms with Crippen molar-refractivity contribution in [2.45, 2.75) is 0 Å². The van der Waals surface area contributed by atoms with Gasteiger partial charge in [0, 0.05) is 18.0 Å². The van der Waals surface area contributed by atoms with Crippen LogP contribution in [0.3, 0.4) is 0 Å². The number of hydrogen-bond acceptors (Lipinski definition) is 6. The predicted octanol–water partition coefficient (Wildman–Crippen LogP) is 4.78. The van der Waals surface area contributed by atoms with Crippen LogP contribution in [-0.4, -0.2) is 15.9 Å². The quantitative estimate of drug-likeness (QED) is 0.573. The standard InChI is InChI=1S/C17H11N3O2S2/c21-15(12-5-2-8-22-12)20-17-14(13-6-3-9-23-13)19-16(24-17)11-4-1-7-18-10-11/h1-10H,(H,20,21). The van der Waals surface area contributed by atoms with E-state index in [-0.39, 0.29) is 11.7 Å². The molecule has 4 rings (SSSR count). The number of nitrogens with one attached hydrogen (secondary N) is 1. The Kier molecular flexibility index (Phi) is 3.94. The van der Waals surface area contributed by atoms with Crippen LogP contribution in [0.4, 0.5) is 5.00 Å². The summed E-state index contributed by atoms with van der Waals surface area (Å²) in [4.78, 5) is 22.1. The van der Waals surface area contributed by atoms with Crippen LogP contribution in [0.15, 0.2) is 64.9 Å². The van der Waals surface area contributed by atoms with Gasteiger partial charge in [-0.15, -0.1) is 11.3 Å². The monoisotopic (exact) mass is 353 g/mol. The van der Waals surface area contributed by atoms with Gasteiger partial charge in [-0.25, -0.2) is 4.98 Å². The zero-order chi connectivity index (χ0) is 16.4. The first-order valence-electron chi connectivity index (χ1n) is 7.11. The molecule has 0 aliphatic carbocycles. The Morgan fingerprint density at radius 1 is 1.17 bits per heavy atom. The number of amides is 1. The van der Waals surface area contributed by atoms with Crippen LogP contribution < -0.4 is 5.32 Å². The van der Waals surface area contributed by atoms with Crippen LogP contribution >= 0.6 is 22.7 Å². The van der Waals surface area contributed by atoms with E-state index in [1.54, 1.807) is 35.9 Å². The normalized spacial score (nSPS) is 10.7. The molecule has 0 fully saturated rings. The molecular formula is C17H11N3O2S2. The first-order chi connectivity index (χ1) is 11.8. The zero-order valence-electron chi connectivity index (χ0n) is 12.3. The molecule has 118 valence electrons. The lowest BCUT2D eigenvalue weighted by Gasteiger charge is -2.01. The maximum atomic E-state index is 12.3. The number of carbonyl (C=O) groups is 1. The lowest BCUT2D eigenvalue weighted by atomic mass is 10.3. The third-order valence-corrected chi connectivity index (χ3v) is 5.16. The van der Waals surface area contributed by atoms with E-state index in [2.05, 4.69) is 10.3 Å². The van der Waals surface area contributed by atoms with E-state index in [0.717, 1.165) is 21.1 Å². The molecule has 0 atom stereocenters. The lowest BCUT2D eigenvalue weighted by Crippen LogP contribution is -2.10. The first kappa shape index (κ1) is 14.8. The summed E-state index contributed by atoms with van der Waals surface area (Å²) in [6, 6.07) is 11.1. The summed E-state index contributed by atoms with van der Waals surface area (Å²) in [5.74, 6) is -0.0253. The molecular weight excluding hydrogens is 342 g/mol. The summed E-state index contributed by atoms with van der Waals surface area (Å²) < 4.78 is 5.15. The van der Waals surface area contributed by atoms with E-state index >= 15 is 0 Å². The van der Waals surface area contributed by atoms with Crippen molar-refractivity contribution in [2.75, 3.05) is 5.32 Å². The topological polar surface area (TPSA) is 68.0 Å². The SMILES string of the molecule is O=C(Nc1sc(-c2cccnc2)nc1-c1cccs1)c1ccco1. The van der Waals surface area contributed by atoms with Crippen LogP contribution in [0.1, 0.15) is 10.6 Å². The fourth-order valence-corrected chi connectivity index (χ4v) is 3.92. The van der Waals surface area contributed by atoms with E-state index in [9.17, 15) is 4.79 Å². The summed E-state index contributed by atoms with van der Waals surface area (Å²) in [5, 5.41) is 6.38. The average Bonchev–Trinajstić information content (AvgIpc) is 3.36. The molecule has 5 nitrogen and oxygen atoms in total. The van der Waals surface area contributed by atoms with Gasteiger partial charge in [0.2, 0.25) is 0 Å². The van der Waals surface area contributed by atoms with Crippen molar-refractivity contribution in [3.8, 4) is 21.1 Å². The summed E-state index contributed by atoms with van der Waals surface area (Å²) in [5.41, 5.74) is 1.67. The summed E-state index contributed by atoms with van der Waals surface area (Å²) in [6.45, 7) is 0. The highest BCUT2D eigenvalue weighted by Gasteiger charge is 2.19. The summed E-state index contributed by atoms with van der Waals surface area (Å²) in [7, 11) is 0. The van der Waals surface area contributed by atoms with Crippen LogP contribution in [0.5, 0.6) is 0 Å². The third-order valence-electron chi connectivity index (χ3n) is 3.26. The maximum Gasteiger partial charge on any atom is 0.292 e. The van der Waals surface area contributed by atoms with Crippen molar-refractivity contribution in [3.05, 3.63) is 66.2 Å². The van der Waals surface area contributed by atoms with E-state index in [4.69, 9.17) is 9.40 Å². The van der Waals surface area contributed by atoms with Crippen molar-refractivity contribution in [2.24, 2.45) is 0 Å². The second-order valence-corrected chi connectivity index (χ2v) is 6.79. The number of furan rings is 1. The molecule has 0 unspecified atom stereocenters. The Morgan fingerprint density at radius 2 is 2.12 bits per heavy atom. The Morgan fingerprint density at radius 3 is 2.83 bits per heavy atom. The minimum absolute atomic E-state index is 0.267. The van der Waals surface area contributed by atoms with Gasteiger partial charge in [0.15, 0.2) is 5.76 Å². The summed E-state index contributed by atoms with van der Waals surface area (Å²) in [6.07, 6.45) is 4.95. The highest BCUT2D eigenvalue weighted by molar-refractivity contribution is 7.20. The molecule has 0 bridgehead atoms. The Labute approximate surface area is 145 Å². The number of aromatic nitrogens is 2. The molecule has 4 heterocycles. The van der Waals surface area contributed by atoms with Gasteiger partial charge in [0.25, 0.3) is 5.91 Å². The minimum atomic E-state index is -0.292. The lowest BCUT2D eigenvalue weighted by molar-refractivity contribution is 0.0997. The fraction of sp³-hybridized carbons (Fsp3) is 0. The fourth-order valence-electron chi connectivity index (χ4n) is 2.17. The number of thiophene rings is 1. The second kappa shape index (κ2) is 6.38. The molecule has 0 aromatic carbocycles. The number of carbonyl (C=O) groups excluding carboxylic acids is 1. The molecule has 7 heteroatoms. The second-order valence-electron chi connectivity index (χ2n) is 4.85. The van der Waals surface area contributed by atoms with Crippen molar-refractivity contribution < 1.29 is 9.21 Å². The molecule has 0 saturated carbocycles. The average molecular weight is 353 g/mol. The van der Waals surface area contributed by atoms with Crippen molar-refractivity contribution in [1.82, 2.24) is 9.97 Å². The molecule has 4 aromatic rings. The van der Waals surface area contributed by atoms with Crippen LogP contribution in [0, 0.1) is 0 Å². The van der Waals surface area contributed by atoms with Gasteiger partial charge in [-0.3, -0.25) is 9.78 Å². The van der Waals surface area contributed by atoms with Gasteiger partial charge < -0.3 is 9.73 Å². The smallest absolute Gasteiger partial charge is 0.292 e. The molecule has 1 N–H and O–H groups in total. The predicted molar refractivity (Wildman–Crippen MR) is 95.3 cm³/mol.